The highest BCUT2D eigenvalue weighted by Crippen LogP contribution is 2.22. The van der Waals surface area contributed by atoms with Crippen LogP contribution in [0.3, 0.4) is 0 Å². The smallest absolute Gasteiger partial charge is 0.235 e. The van der Waals surface area contributed by atoms with Gasteiger partial charge < -0.3 is 5.32 Å². The zero-order valence-corrected chi connectivity index (χ0v) is 12.4. The molecule has 0 spiro atoms. The fraction of sp³-hybridized carbons (Fsp3) is 0.600. The zero-order valence-electron chi connectivity index (χ0n) is 10.8. The molecule has 0 fully saturated rings. The standard InChI is InChI=1S/C10H17N3O3S2/c1-6(10-7(2)17-8(3)13-10)12-9(14)5-11-18(4,15)16/h6,11H,5H2,1-4H3,(H,12,14). The van der Waals surface area contributed by atoms with E-state index in [9.17, 15) is 13.2 Å². The van der Waals surface area contributed by atoms with Gasteiger partial charge in [-0.3, -0.25) is 4.79 Å². The predicted molar refractivity (Wildman–Crippen MR) is 71.0 cm³/mol. The number of aryl methyl sites for hydroxylation is 2. The van der Waals surface area contributed by atoms with Crippen LogP contribution < -0.4 is 10.0 Å². The maximum atomic E-state index is 11.5. The summed E-state index contributed by atoms with van der Waals surface area (Å²) in [6, 6.07) is -0.233. The van der Waals surface area contributed by atoms with Crippen molar-refractivity contribution in [3.8, 4) is 0 Å². The predicted octanol–water partition coefficient (Wildman–Crippen LogP) is 0.486. The van der Waals surface area contributed by atoms with Gasteiger partial charge in [0, 0.05) is 4.88 Å². The molecule has 1 aromatic rings. The molecule has 0 saturated heterocycles. The molecule has 1 unspecified atom stereocenters. The first-order chi connectivity index (χ1) is 8.19. The molecule has 0 aliphatic rings. The Bertz CT molecular complexity index is 537. The number of nitrogens with zero attached hydrogens (tertiary/aromatic N) is 1. The van der Waals surface area contributed by atoms with Crippen molar-refractivity contribution in [2.45, 2.75) is 26.8 Å². The summed E-state index contributed by atoms with van der Waals surface area (Å²) in [5.41, 5.74) is 0.824. The largest absolute Gasteiger partial charge is 0.347 e. The first kappa shape index (κ1) is 15.1. The monoisotopic (exact) mass is 291 g/mol. The van der Waals surface area contributed by atoms with E-state index >= 15 is 0 Å². The number of carbonyl (C=O) groups excluding carboxylic acids is 1. The van der Waals surface area contributed by atoms with E-state index in [4.69, 9.17) is 0 Å². The van der Waals surface area contributed by atoms with E-state index in [2.05, 4.69) is 15.0 Å². The number of thiazole rings is 1. The van der Waals surface area contributed by atoms with E-state index in [1.54, 1.807) is 11.3 Å². The van der Waals surface area contributed by atoms with Gasteiger partial charge in [0.05, 0.1) is 29.5 Å². The third-order valence-corrected chi connectivity index (χ3v) is 3.79. The van der Waals surface area contributed by atoms with Crippen molar-refractivity contribution in [3.63, 3.8) is 0 Å². The number of hydrogen-bond acceptors (Lipinski definition) is 5. The van der Waals surface area contributed by atoms with Crippen LogP contribution in [0.1, 0.15) is 28.5 Å². The topological polar surface area (TPSA) is 88.2 Å². The molecule has 0 radical (unpaired) electrons. The Kier molecular flexibility index (Phi) is 4.83. The fourth-order valence-electron chi connectivity index (χ4n) is 1.50. The van der Waals surface area contributed by atoms with Gasteiger partial charge in [0.25, 0.3) is 0 Å². The van der Waals surface area contributed by atoms with Crippen LogP contribution in [-0.4, -0.2) is 32.1 Å². The molecule has 18 heavy (non-hydrogen) atoms. The van der Waals surface area contributed by atoms with Crippen molar-refractivity contribution >= 4 is 27.3 Å². The number of amides is 1. The minimum atomic E-state index is -3.35. The Balaban J connectivity index is 2.57. The highest BCUT2D eigenvalue weighted by molar-refractivity contribution is 7.88. The van der Waals surface area contributed by atoms with Gasteiger partial charge in [-0.2, -0.15) is 0 Å². The second-order valence-electron chi connectivity index (χ2n) is 4.06. The molecule has 1 amide bonds. The lowest BCUT2D eigenvalue weighted by Gasteiger charge is -2.12. The number of nitrogens with one attached hydrogen (secondary N) is 2. The molecule has 6 nitrogen and oxygen atoms in total. The summed E-state index contributed by atoms with van der Waals surface area (Å²) < 4.78 is 23.8. The molecule has 0 bridgehead atoms. The molecular weight excluding hydrogens is 274 g/mol. The SMILES string of the molecule is Cc1nc(C(C)NC(=O)CNS(C)(=O)=O)c(C)s1. The third kappa shape index (κ3) is 4.71. The van der Waals surface area contributed by atoms with Gasteiger partial charge in [0.15, 0.2) is 0 Å². The molecule has 1 rings (SSSR count). The van der Waals surface area contributed by atoms with Crippen LogP contribution in [0.25, 0.3) is 0 Å². The van der Waals surface area contributed by atoms with Crippen molar-refractivity contribution < 1.29 is 13.2 Å². The third-order valence-electron chi connectivity index (χ3n) is 2.22. The fourth-order valence-corrected chi connectivity index (χ4v) is 2.81. The lowest BCUT2D eigenvalue weighted by molar-refractivity contribution is -0.120. The van der Waals surface area contributed by atoms with E-state index in [0.717, 1.165) is 21.8 Å². The number of sulfonamides is 1. The van der Waals surface area contributed by atoms with Crippen molar-refractivity contribution in [1.29, 1.82) is 0 Å². The van der Waals surface area contributed by atoms with Gasteiger partial charge in [0.1, 0.15) is 0 Å². The minimum absolute atomic E-state index is 0.233. The highest BCUT2D eigenvalue weighted by atomic mass is 32.2. The second-order valence-corrected chi connectivity index (χ2v) is 7.30. The van der Waals surface area contributed by atoms with E-state index in [1.165, 1.54) is 0 Å². The second kappa shape index (κ2) is 5.77. The van der Waals surface area contributed by atoms with Gasteiger partial charge in [-0.05, 0) is 20.8 Å². The van der Waals surface area contributed by atoms with Crippen LogP contribution in [0.5, 0.6) is 0 Å². The Hall–Kier alpha value is -0.990. The van der Waals surface area contributed by atoms with Crippen LogP contribution in [0, 0.1) is 13.8 Å². The quantitative estimate of drug-likeness (QED) is 0.826. The van der Waals surface area contributed by atoms with E-state index in [0.29, 0.717) is 0 Å². The average molecular weight is 291 g/mol. The van der Waals surface area contributed by atoms with Crippen LogP contribution >= 0.6 is 11.3 Å². The lowest BCUT2D eigenvalue weighted by atomic mass is 10.2. The Morgan fingerprint density at radius 2 is 2.06 bits per heavy atom. The Labute approximate surface area is 111 Å². The molecule has 1 heterocycles. The first-order valence-corrected chi connectivity index (χ1v) is 8.08. The van der Waals surface area contributed by atoms with Crippen molar-refractivity contribution in [2.75, 3.05) is 12.8 Å². The number of rotatable bonds is 5. The summed E-state index contributed by atoms with van der Waals surface area (Å²) >= 11 is 1.57. The van der Waals surface area contributed by atoms with Crippen LogP contribution in [0.4, 0.5) is 0 Å². The summed E-state index contributed by atoms with van der Waals surface area (Å²) in [7, 11) is -3.35. The molecule has 102 valence electrons. The van der Waals surface area contributed by atoms with Crippen LogP contribution in [-0.2, 0) is 14.8 Å². The molecule has 1 atom stereocenters. The molecule has 0 aliphatic carbocycles. The molecule has 1 aromatic heterocycles. The molecule has 0 aromatic carbocycles. The van der Waals surface area contributed by atoms with Gasteiger partial charge in [0.2, 0.25) is 15.9 Å². The van der Waals surface area contributed by atoms with Gasteiger partial charge in [-0.1, -0.05) is 0 Å². The van der Waals surface area contributed by atoms with Crippen LogP contribution in [0.2, 0.25) is 0 Å². The van der Waals surface area contributed by atoms with E-state index in [1.807, 2.05) is 20.8 Å². The molecular formula is C10H17N3O3S2. The van der Waals surface area contributed by atoms with Crippen molar-refractivity contribution in [1.82, 2.24) is 15.0 Å². The summed E-state index contributed by atoms with van der Waals surface area (Å²) in [6.45, 7) is 5.41. The minimum Gasteiger partial charge on any atom is -0.347 e. The molecule has 0 saturated carbocycles. The Morgan fingerprint density at radius 1 is 1.44 bits per heavy atom. The van der Waals surface area contributed by atoms with Crippen LogP contribution in [0.15, 0.2) is 0 Å². The van der Waals surface area contributed by atoms with E-state index in [-0.39, 0.29) is 18.5 Å². The highest BCUT2D eigenvalue weighted by Gasteiger charge is 2.16. The molecule has 0 aliphatic heterocycles. The van der Waals surface area contributed by atoms with Gasteiger partial charge in [-0.25, -0.2) is 18.1 Å². The number of carbonyl (C=O) groups is 1. The lowest BCUT2D eigenvalue weighted by Crippen LogP contribution is -2.37. The molecule has 8 heteroatoms. The molecule has 2 N–H and O–H groups in total. The summed E-state index contributed by atoms with van der Waals surface area (Å²) in [5.74, 6) is -0.377. The zero-order chi connectivity index (χ0) is 13.9. The van der Waals surface area contributed by atoms with E-state index < -0.39 is 10.0 Å². The number of hydrogen-bond donors (Lipinski definition) is 2. The summed E-state index contributed by atoms with van der Waals surface area (Å²) in [5, 5.41) is 3.64. The average Bonchev–Trinajstić information content (AvgIpc) is 2.54. The Morgan fingerprint density at radius 3 is 2.50 bits per heavy atom. The summed E-state index contributed by atoms with van der Waals surface area (Å²) in [4.78, 5) is 16.9. The summed E-state index contributed by atoms with van der Waals surface area (Å²) in [6.07, 6.45) is 1.01. The van der Waals surface area contributed by atoms with Crippen molar-refractivity contribution in [3.05, 3.63) is 15.6 Å². The van der Waals surface area contributed by atoms with Crippen molar-refractivity contribution in [2.24, 2.45) is 0 Å². The maximum Gasteiger partial charge on any atom is 0.235 e. The first-order valence-electron chi connectivity index (χ1n) is 5.37. The number of aromatic nitrogens is 1. The normalized spacial score (nSPS) is 13.3. The van der Waals surface area contributed by atoms with Gasteiger partial charge in [-0.15, -0.1) is 11.3 Å². The maximum absolute atomic E-state index is 11.5. The van der Waals surface area contributed by atoms with Gasteiger partial charge >= 0.3 is 0 Å².